The summed E-state index contributed by atoms with van der Waals surface area (Å²) in [6, 6.07) is 6.02. The van der Waals surface area contributed by atoms with Crippen molar-refractivity contribution < 1.29 is 23.0 Å². The van der Waals surface area contributed by atoms with Gasteiger partial charge in [0.25, 0.3) is 0 Å². The molecule has 0 aromatic heterocycles. The van der Waals surface area contributed by atoms with Crippen LogP contribution in [-0.2, 0) is 15.1 Å². The lowest BCUT2D eigenvalue weighted by atomic mass is 9.91. The maximum atomic E-state index is 12.1. The minimum atomic E-state index is -2.86. The normalized spacial score (nSPS) is 17.4. The van der Waals surface area contributed by atoms with E-state index in [1.54, 1.807) is 19.1 Å². The van der Waals surface area contributed by atoms with Crippen LogP contribution in [0.15, 0.2) is 24.3 Å². The highest BCUT2D eigenvalue weighted by molar-refractivity contribution is 5.82. The van der Waals surface area contributed by atoms with Gasteiger partial charge in [0, 0.05) is 0 Å². The molecule has 6 heteroatoms. The molecule has 1 fully saturated rings. The van der Waals surface area contributed by atoms with Crippen molar-refractivity contribution in [1.82, 2.24) is 5.32 Å². The number of esters is 1. The molecule has 0 heterocycles. The van der Waals surface area contributed by atoms with Crippen molar-refractivity contribution in [3.63, 3.8) is 0 Å². The Hall–Kier alpha value is -1.69. The van der Waals surface area contributed by atoms with Crippen LogP contribution in [0, 0.1) is 5.92 Å². The molecule has 1 aromatic carbocycles. The third-order valence-corrected chi connectivity index (χ3v) is 3.69. The second-order valence-electron chi connectivity index (χ2n) is 5.34. The van der Waals surface area contributed by atoms with Crippen molar-refractivity contribution in [2.45, 2.75) is 31.9 Å². The van der Waals surface area contributed by atoms with Gasteiger partial charge in [-0.3, -0.25) is 5.32 Å². The molecule has 1 N–H and O–H groups in total. The number of methoxy groups -OCH3 is 1. The standard InChI is InChI=1S/C15H19F2NO3/c1-15(13(19)20-2,18-9-10-3-4-10)11-5-7-12(8-6-11)21-14(16)17/h5-8,10,14,18H,3-4,9H2,1-2H3. The predicted octanol–water partition coefficient (Wildman–Crippen LogP) is 2.68. The lowest BCUT2D eigenvalue weighted by Crippen LogP contribution is -2.48. The Morgan fingerprint density at radius 2 is 2.00 bits per heavy atom. The minimum absolute atomic E-state index is 0.0585. The second-order valence-corrected chi connectivity index (χ2v) is 5.34. The number of carbonyl (C=O) groups excluding carboxylic acids is 1. The molecule has 116 valence electrons. The van der Waals surface area contributed by atoms with E-state index in [2.05, 4.69) is 10.1 Å². The van der Waals surface area contributed by atoms with Crippen molar-refractivity contribution in [2.24, 2.45) is 5.92 Å². The lowest BCUT2D eigenvalue weighted by Gasteiger charge is -2.28. The molecule has 0 aliphatic heterocycles. The topological polar surface area (TPSA) is 47.6 Å². The van der Waals surface area contributed by atoms with Gasteiger partial charge in [-0.2, -0.15) is 8.78 Å². The van der Waals surface area contributed by atoms with Gasteiger partial charge in [0.05, 0.1) is 7.11 Å². The average Bonchev–Trinajstić information content (AvgIpc) is 3.28. The van der Waals surface area contributed by atoms with E-state index >= 15 is 0 Å². The molecule has 1 aliphatic rings. The van der Waals surface area contributed by atoms with Crippen LogP contribution >= 0.6 is 0 Å². The van der Waals surface area contributed by atoms with Gasteiger partial charge in [-0.05, 0) is 49.9 Å². The zero-order valence-corrected chi connectivity index (χ0v) is 12.1. The molecule has 0 bridgehead atoms. The van der Waals surface area contributed by atoms with Gasteiger partial charge in [-0.15, -0.1) is 0 Å². The van der Waals surface area contributed by atoms with E-state index in [1.807, 2.05) is 0 Å². The van der Waals surface area contributed by atoms with Crippen LogP contribution in [0.25, 0.3) is 0 Å². The lowest BCUT2D eigenvalue weighted by molar-refractivity contribution is -0.148. The van der Waals surface area contributed by atoms with Gasteiger partial charge >= 0.3 is 12.6 Å². The minimum Gasteiger partial charge on any atom is -0.467 e. The molecule has 2 rings (SSSR count). The van der Waals surface area contributed by atoms with E-state index in [0.29, 0.717) is 11.5 Å². The molecule has 1 unspecified atom stereocenters. The number of halogens is 2. The Morgan fingerprint density at radius 3 is 2.48 bits per heavy atom. The van der Waals surface area contributed by atoms with Gasteiger partial charge in [-0.25, -0.2) is 4.79 Å². The highest BCUT2D eigenvalue weighted by atomic mass is 19.3. The molecule has 1 atom stereocenters. The summed E-state index contributed by atoms with van der Waals surface area (Å²) in [4.78, 5) is 12.1. The number of carbonyl (C=O) groups is 1. The van der Waals surface area contributed by atoms with Crippen molar-refractivity contribution >= 4 is 5.97 Å². The second kappa shape index (κ2) is 6.39. The van der Waals surface area contributed by atoms with Crippen LogP contribution in [-0.4, -0.2) is 26.2 Å². The molecular formula is C15H19F2NO3. The van der Waals surface area contributed by atoms with E-state index in [4.69, 9.17) is 4.74 Å². The number of ether oxygens (including phenoxy) is 2. The van der Waals surface area contributed by atoms with E-state index in [9.17, 15) is 13.6 Å². The Balaban J connectivity index is 2.16. The zero-order chi connectivity index (χ0) is 15.5. The molecule has 4 nitrogen and oxygen atoms in total. The summed E-state index contributed by atoms with van der Waals surface area (Å²) in [5.74, 6) is 0.240. The smallest absolute Gasteiger partial charge is 0.387 e. The molecule has 0 saturated heterocycles. The van der Waals surface area contributed by atoms with Gasteiger partial charge in [-0.1, -0.05) is 12.1 Å². The van der Waals surface area contributed by atoms with Crippen LogP contribution in [0.1, 0.15) is 25.3 Å². The summed E-state index contributed by atoms with van der Waals surface area (Å²) in [6.45, 7) is -0.415. The quantitative estimate of drug-likeness (QED) is 0.786. The fourth-order valence-electron chi connectivity index (χ4n) is 2.14. The van der Waals surface area contributed by atoms with Crippen LogP contribution in [0.5, 0.6) is 5.75 Å². The van der Waals surface area contributed by atoms with Gasteiger partial charge in [0.15, 0.2) is 0 Å². The van der Waals surface area contributed by atoms with Crippen molar-refractivity contribution in [3.05, 3.63) is 29.8 Å². The van der Waals surface area contributed by atoms with Gasteiger partial charge < -0.3 is 9.47 Å². The van der Waals surface area contributed by atoms with E-state index in [1.165, 1.54) is 19.2 Å². The maximum Gasteiger partial charge on any atom is 0.387 e. The average molecular weight is 299 g/mol. The Bertz CT molecular complexity index is 488. The molecule has 1 aliphatic carbocycles. The molecule has 1 saturated carbocycles. The first-order valence-corrected chi connectivity index (χ1v) is 6.84. The molecule has 21 heavy (non-hydrogen) atoms. The molecular weight excluding hydrogens is 280 g/mol. The number of hydrogen-bond acceptors (Lipinski definition) is 4. The van der Waals surface area contributed by atoms with E-state index in [0.717, 1.165) is 19.4 Å². The van der Waals surface area contributed by atoms with Gasteiger partial charge in [0.2, 0.25) is 0 Å². The third kappa shape index (κ3) is 3.91. The van der Waals surface area contributed by atoms with Crippen LogP contribution in [0.2, 0.25) is 0 Å². The fourth-order valence-corrected chi connectivity index (χ4v) is 2.14. The number of benzene rings is 1. The number of nitrogens with one attached hydrogen (secondary N) is 1. The SMILES string of the molecule is COC(=O)C(C)(NCC1CC1)c1ccc(OC(F)F)cc1. The van der Waals surface area contributed by atoms with E-state index < -0.39 is 18.1 Å². The molecule has 1 aromatic rings. The first kappa shape index (κ1) is 15.7. The predicted molar refractivity (Wildman–Crippen MR) is 73.2 cm³/mol. The summed E-state index contributed by atoms with van der Waals surface area (Å²) in [6.07, 6.45) is 2.32. The van der Waals surface area contributed by atoms with Crippen molar-refractivity contribution in [3.8, 4) is 5.75 Å². The third-order valence-electron chi connectivity index (χ3n) is 3.69. The summed E-state index contributed by atoms with van der Waals surface area (Å²) in [5.41, 5.74) is -0.350. The van der Waals surface area contributed by atoms with E-state index in [-0.39, 0.29) is 5.75 Å². The number of alkyl halides is 2. The monoisotopic (exact) mass is 299 g/mol. The highest BCUT2D eigenvalue weighted by Crippen LogP contribution is 2.31. The van der Waals surface area contributed by atoms with Crippen LogP contribution in [0.4, 0.5) is 8.78 Å². The summed E-state index contributed by atoms with van der Waals surface area (Å²) < 4.78 is 33.5. The van der Waals surface area contributed by atoms with Crippen molar-refractivity contribution in [2.75, 3.05) is 13.7 Å². The summed E-state index contributed by atoms with van der Waals surface area (Å²) in [5, 5.41) is 3.22. The largest absolute Gasteiger partial charge is 0.467 e. The summed E-state index contributed by atoms with van der Waals surface area (Å²) in [7, 11) is 1.33. The Morgan fingerprint density at radius 1 is 1.38 bits per heavy atom. The Kier molecular flexibility index (Phi) is 4.77. The zero-order valence-electron chi connectivity index (χ0n) is 12.1. The summed E-state index contributed by atoms with van der Waals surface area (Å²) >= 11 is 0. The fraction of sp³-hybridized carbons (Fsp3) is 0.533. The molecule has 0 amide bonds. The maximum absolute atomic E-state index is 12.1. The van der Waals surface area contributed by atoms with Crippen molar-refractivity contribution in [1.29, 1.82) is 0 Å². The van der Waals surface area contributed by atoms with Gasteiger partial charge in [0.1, 0.15) is 11.3 Å². The molecule has 0 radical (unpaired) electrons. The first-order valence-electron chi connectivity index (χ1n) is 6.84. The molecule has 0 spiro atoms. The first-order chi connectivity index (χ1) is 9.95. The number of hydrogen-bond donors (Lipinski definition) is 1. The number of rotatable bonds is 7. The highest BCUT2D eigenvalue weighted by Gasteiger charge is 2.37. The Labute approximate surface area is 122 Å². The van der Waals surface area contributed by atoms with Crippen LogP contribution in [0.3, 0.4) is 0 Å². The van der Waals surface area contributed by atoms with Crippen LogP contribution < -0.4 is 10.1 Å².